The van der Waals surface area contributed by atoms with Crippen molar-refractivity contribution in [1.82, 2.24) is 15.5 Å². The molecule has 1 aliphatic heterocycles. The van der Waals surface area contributed by atoms with E-state index in [2.05, 4.69) is 10.6 Å². The van der Waals surface area contributed by atoms with E-state index in [0.29, 0.717) is 19.4 Å². The fraction of sp³-hybridized carbons (Fsp3) is 0.500. The highest BCUT2D eigenvalue weighted by atomic mass is 16.6. The number of amides is 3. The van der Waals surface area contributed by atoms with Gasteiger partial charge in [-0.25, -0.2) is 4.79 Å². The Hall–Kier alpha value is -2.57. The van der Waals surface area contributed by atoms with Crippen molar-refractivity contribution in [3.05, 3.63) is 35.9 Å². The van der Waals surface area contributed by atoms with Gasteiger partial charge in [0.15, 0.2) is 0 Å². The minimum Gasteiger partial charge on any atom is -0.445 e. The zero-order valence-corrected chi connectivity index (χ0v) is 14.7. The van der Waals surface area contributed by atoms with Crippen LogP contribution in [0.2, 0.25) is 0 Å². The average Bonchev–Trinajstić information content (AvgIpc) is 3.14. The van der Waals surface area contributed by atoms with Crippen molar-refractivity contribution in [1.29, 1.82) is 0 Å². The van der Waals surface area contributed by atoms with E-state index >= 15 is 0 Å². The van der Waals surface area contributed by atoms with Crippen LogP contribution in [0.1, 0.15) is 31.7 Å². The van der Waals surface area contributed by atoms with Gasteiger partial charge in [-0.15, -0.1) is 0 Å². The summed E-state index contributed by atoms with van der Waals surface area (Å²) in [4.78, 5) is 38.0. The number of hydrogen-bond acceptors (Lipinski definition) is 4. The van der Waals surface area contributed by atoms with E-state index in [1.54, 1.807) is 0 Å². The number of hydrogen-bond donors (Lipinski definition) is 2. The second-order valence-corrected chi connectivity index (χ2v) is 5.98. The lowest BCUT2D eigenvalue weighted by Crippen LogP contribution is -2.52. The van der Waals surface area contributed by atoms with E-state index in [0.717, 1.165) is 12.0 Å². The summed E-state index contributed by atoms with van der Waals surface area (Å²) >= 11 is 0. The SMILES string of the molecule is CC[C@H](NC(=O)[C@@H]1CCCN1C(=O)OCc1ccccc1)C(=O)NC. The molecule has 3 amide bonds. The highest BCUT2D eigenvalue weighted by molar-refractivity contribution is 5.91. The number of likely N-dealkylation sites (N-methyl/N-ethyl adjacent to an activating group) is 1. The Morgan fingerprint density at radius 3 is 2.64 bits per heavy atom. The molecular weight excluding hydrogens is 322 g/mol. The number of nitrogens with one attached hydrogen (secondary N) is 2. The van der Waals surface area contributed by atoms with Crippen LogP contribution in [0.5, 0.6) is 0 Å². The van der Waals surface area contributed by atoms with Crippen LogP contribution >= 0.6 is 0 Å². The first-order valence-electron chi connectivity index (χ1n) is 8.56. The minimum absolute atomic E-state index is 0.167. The topological polar surface area (TPSA) is 87.7 Å². The van der Waals surface area contributed by atoms with Crippen molar-refractivity contribution in [2.75, 3.05) is 13.6 Å². The third-order valence-electron chi connectivity index (χ3n) is 4.28. The predicted molar refractivity (Wildman–Crippen MR) is 92.6 cm³/mol. The molecule has 136 valence electrons. The predicted octanol–water partition coefficient (Wildman–Crippen LogP) is 1.43. The van der Waals surface area contributed by atoms with Gasteiger partial charge in [-0.3, -0.25) is 14.5 Å². The molecule has 1 aromatic carbocycles. The Labute approximate surface area is 147 Å². The summed E-state index contributed by atoms with van der Waals surface area (Å²) in [6.07, 6.45) is 1.27. The highest BCUT2D eigenvalue weighted by Gasteiger charge is 2.36. The van der Waals surface area contributed by atoms with Crippen LogP contribution < -0.4 is 10.6 Å². The third-order valence-corrected chi connectivity index (χ3v) is 4.28. The van der Waals surface area contributed by atoms with Gasteiger partial charge in [0.25, 0.3) is 0 Å². The Bertz CT molecular complexity index is 606. The molecule has 0 aliphatic carbocycles. The average molecular weight is 347 g/mol. The quantitative estimate of drug-likeness (QED) is 0.815. The van der Waals surface area contributed by atoms with Crippen LogP contribution in [0.3, 0.4) is 0 Å². The number of rotatable bonds is 6. The van der Waals surface area contributed by atoms with Crippen molar-refractivity contribution >= 4 is 17.9 Å². The van der Waals surface area contributed by atoms with E-state index in [9.17, 15) is 14.4 Å². The van der Waals surface area contributed by atoms with Gasteiger partial charge in [0.05, 0.1) is 0 Å². The smallest absolute Gasteiger partial charge is 0.410 e. The molecule has 7 nitrogen and oxygen atoms in total. The largest absolute Gasteiger partial charge is 0.445 e. The molecule has 0 aromatic heterocycles. The van der Waals surface area contributed by atoms with E-state index in [-0.39, 0.29) is 18.4 Å². The van der Waals surface area contributed by atoms with Gasteiger partial charge in [0.2, 0.25) is 11.8 Å². The number of nitrogens with zero attached hydrogens (tertiary/aromatic N) is 1. The van der Waals surface area contributed by atoms with Crippen LogP contribution in [0.25, 0.3) is 0 Å². The summed E-state index contributed by atoms with van der Waals surface area (Å²) in [6, 6.07) is 8.19. The molecule has 0 bridgehead atoms. The molecule has 2 atom stereocenters. The first-order valence-corrected chi connectivity index (χ1v) is 8.56. The number of carbonyl (C=O) groups is 3. The molecule has 1 aliphatic rings. The lowest BCUT2D eigenvalue weighted by molar-refractivity contribution is -0.131. The Kier molecular flexibility index (Phi) is 6.80. The van der Waals surface area contributed by atoms with Gasteiger partial charge < -0.3 is 15.4 Å². The minimum atomic E-state index is -0.597. The molecule has 0 spiro atoms. The Morgan fingerprint density at radius 1 is 1.28 bits per heavy atom. The third kappa shape index (κ3) is 4.95. The summed E-state index contributed by atoms with van der Waals surface area (Å²) in [5, 5.41) is 5.24. The molecule has 2 N–H and O–H groups in total. The molecule has 1 heterocycles. The van der Waals surface area contributed by atoms with Crippen molar-refractivity contribution in [2.45, 2.75) is 44.9 Å². The van der Waals surface area contributed by atoms with Crippen LogP contribution in [0.15, 0.2) is 30.3 Å². The van der Waals surface area contributed by atoms with E-state index < -0.39 is 18.2 Å². The van der Waals surface area contributed by atoms with Gasteiger partial charge in [-0.2, -0.15) is 0 Å². The van der Waals surface area contributed by atoms with E-state index in [4.69, 9.17) is 4.74 Å². The molecule has 1 aromatic rings. The maximum Gasteiger partial charge on any atom is 0.410 e. The van der Waals surface area contributed by atoms with Crippen molar-refractivity contribution in [2.24, 2.45) is 0 Å². The number of likely N-dealkylation sites (tertiary alicyclic amines) is 1. The first-order chi connectivity index (χ1) is 12.1. The molecule has 0 radical (unpaired) electrons. The van der Waals surface area contributed by atoms with Crippen LogP contribution in [0, 0.1) is 0 Å². The molecule has 0 saturated carbocycles. The number of benzene rings is 1. The Morgan fingerprint density at radius 2 is 2.00 bits per heavy atom. The Balaban J connectivity index is 1.93. The molecule has 25 heavy (non-hydrogen) atoms. The lowest BCUT2D eigenvalue weighted by Gasteiger charge is -2.25. The first kappa shape index (κ1) is 18.8. The van der Waals surface area contributed by atoms with Crippen LogP contribution in [-0.4, -0.2) is 48.5 Å². The maximum absolute atomic E-state index is 12.5. The molecule has 2 rings (SSSR count). The molecule has 1 fully saturated rings. The second kappa shape index (κ2) is 9.05. The van der Waals surface area contributed by atoms with Crippen molar-refractivity contribution in [3.8, 4) is 0 Å². The zero-order chi connectivity index (χ0) is 18.2. The highest BCUT2D eigenvalue weighted by Crippen LogP contribution is 2.19. The van der Waals surface area contributed by atoms with Gasteiger partial charge in [0, 0.05) is 13.6 Å². The lowest BCUT2D eigenvalue weighted by atomic mass is 10.1. The molecule has 0 unspecified atom stereocenters. The second-order valence-electron chi connectivity index (χ2n) is 5.98. The molecule has 7 heteroatoms. The van der Waals surface area contributed by atoms with E-state index in [1.807, 2.05) is 37.3 Å². The zero-order valence-electron chi connectivity index (χ0n) is 14.7. The van der Waals surface area contributed by atoms with Gasteiger partial charge in [0.1, 0.15) is 18.7 Å². The standard InChI is InChI=1S/C18H25N3O4/c1-3-14(16(22)19-2)20-17(23)15-10-7-11-21(15)18(24)25-12-13-8-5-4-6-9-13/h4-6,8-9,14-15H,3,7,10-12H2,1-2H3,(H,19,22)(H,20,23)/t14-,15-/m0/s1. The van der Waals surface area contributed by atoms with Gasteiger partial charge >= 0.3 is 6.09 Å². The van der Waals surface area contributed by atoms with Gasteiger partial charge in [-0.1, -0.05) is 37.3 Å². The summed E-state index contributed by atoms with van der Waals surface area (Å²) in [7, 11) is 1.53. The summed E-state index contributed by atoms with van der Waals surface area (Å²) in [6.45, 7) is 2.46. The van der Waals surface area contributed by atoms with Crippen LogP contribution in [0.4, 0.5) is 4.79 Å². The summed E-state index contributed by atoms with van der Waals surface area (Å²) in [5.41, 5.74) is 0.890. The maximum atomic E-state index is 12.5. The van der Waals surface area contributed by atoms with Crippen molar-refractivity contribution < 1.29 is 19.1 Å². The fourth-order valence-corrected chi connectivity index (χ4v) is 2.86. The van der Waals surface area contributed by atoms with E-state index in [1.165, 1.54) is 11.9 Å². The molecular formula is C18H25N3O4. The fourth-order valence-electron chi connectivity index (χ4n) is 2.86. The molecule has 1 saturated heterocycles. The number of ether oxygens (including phenoxy) is 1. The monoisotopic (exact) mass is 347 g/mol. The number of carbonyl (C=O) groups excluding carboxylic acids is 3. The van der Waals surface area contributed by atoms with Gasteiger partial charge in [-0.05, 0) is 24.8 Å². The summed E-state index contributed by atoms with van der Waals surface area (Å²) < 4.78 is 5.32. The van der Waals surface area contributed by atoms with Crippen LogP contribution in [-0.2, 0) is 20.9 Å². The van der Waals surface area contributed by atoms with Crippen molar-refractivity contribution in [3.63, 3.8) is 0 Å². The summed E-state index contributed by atoms with van der Waals surface area (Å²) in [5.74, 6) is -0.559. The normalized spacial score (nSPS) is 17.7.